The van der Waals surface area contributed by atoms with Crippen molar-refractivity contribution in [1.82, 2.24) is 14.5 Å². The van der Waals surface area contributed by atoms with Crippen molar-refractivity contribution in [2.45, 2.75) is 51.5 Å². The van der Waals surface area contributed by atoms with Crippen LogP contribution in [0.2, 0.25) is 0 Å². The maximum Gasteiger partial charge on any atom is 0.151 e. The largest absolute Gasteiger partial charge is 0.382 e. The molecular weight excluding hydrogens is 344 g/mol. The molecule has 0 bridgehead atoms. The van der Waals surface area contributed by atoms with E-state index in [0.717, 1.165) is 58.8 Å². The van der Waals surface area contributed by atoms with E-state index < -0.39 is 10.8 Å². The van der Waals surface area contributed by atoms with Crippen molar-refractivity contribution in [2.75, 3.05) is 11.5 Å². The summed E-state index contributed by atoms with van der Waals surface area (Å²) in [6, 6.07) is 9.64. The van der Waals surface area contributed by atoms with E-state index in [9.17, 15) is 4.21 Å². The lowest BCUT2D eigenvalue weighted by molar-refractivity contribution is 0.638. The summed E-state index contributed by atoms with van der Waals surface area (Å²) in [5.74, 6) is 2.16. The van der Waals surface area contributed by atoms with Gasteiger partial charge in [0.25, 0.3) is 0 Å². The zero-order chi connectivity index (χ0) is 18.7. The number of nitrogens with two attached hydrogens (primary N) is 1. The molecule has 2 aromatic heterocycles. The molecule has 0 aliphatic carbocycles. The molecule has 5 nitrogen and oxygen atoms in total. The molecule has 1 unspecified atom stereocenters. The summed E-state index contributed by atoms with van der Waals surface area (Å²) in [5, 5.41) is 0. The molecule has 0 saturated heterocycles. The average Bonchev–Trinajstić information content (AvgIpc) is 3.00. The minimum atomic E-state index is -0.974. The first kappa shape index (κ1) is 18.6. The van der Waals surface area contributed by atoms with Crippen LogP contribution in [0.5, 0.6) is 0 Å². The van der Waals surface area contributed by atoms with Crippen LogP contribution in [0.3, 0.4) is 0 Å². The Morgan fingerprint density at radius 2 is 1.88 bits per heavy atom. The monoisotopic (exact) mass is 370 g/mol. The highest BCUT2D eigenvalue weighted by atomic mass is 32.2. The molecule has 1 atom stereocenters. The Kier molecular flexibility index (Phi) is 5.71. The molecule has 0 spiro atoms. The number of hydrogen-bond donors (Lipinski definition) is 1. The van der Waals surface area contributed by atoms with Gasteiger partial charge in [-0.2, -0.15) is 0 Å². The van der Waals surface area contributed by atoms with Gasteiger partial charge in [-0.25, -0.2) is 9.97 Å². The van der Waals surface area contributed by atoms with Gasteiger partial charge in [0.15, 0.2) is 5.82 Å². The van der Waals surface area contributed by atoms with E-state index in [-0.39, 0.29) is 0 Å². The van der Waals surface area contributed by atoms with Gasteiger partial charge in [-0.3, -0.25) is 4.21 Å². The highest BCUT2D eigenvalue weighted by Gasteiger charge is 2.17. The second-order valence-electron chi connectivity index (χ2n) is 6.55. The van der Waals surface area contributed by atoms with Gasteiger partial charge in [0, 0.05) is 29.3 Å². The second kappa shape index (κ2) is 7.99. The van der Waals surface area contributed by atoms with Crippen LogP contribution in [0.1, 0.15) is 36.8 Å². The molecule has 6 heteroatoms. The molecule has 0 amide bonds. The molecule has 0 radical (unpaired) electrons. The number of fused-ring (bicyclic) bond motifs is 1. The topological polar surface area (TPSA) is 73.8 Å². The van der Waals surface area contributed by atoms with Gasteiger partial charge >= 0.3 is 0 Å². The molecule has 0 aliphatic rings. The maximum atomic E-state index is 12.5. The van der Waals surface area contributed by atoms with Gasteiger partial charge in [-0.15, -0.1) is 0 Å². The number of hydrogen-bond acceptors (Lipinski definition) is 4. The van der Waals surface area contributed by atoms with Gasteiger partial charge in [0.2, 0.25) is 0 Å². The first-order valence-corrected chi connectivity index (χ1v) is 10.4. The van der Waals surface area contributed by atoms with Crippen LogP contribution in [0, 0.1) is 13.8 Å². The van der Waals surface area contributed by atoms with Crippen LogP contribution >= 0.6 is 0 Å². The summed E-state index contributed by atoms with van der Waals surface area (Å²) in [6.07, 6.45) is 2.74. The number of nitrogens with zero attached hydrogens (tertiary/aromatic N) is 3. The fraction of sp³-hybridized carbons (Fsp3) is 0.400. The first-order valence-electron chi connectivity index (χ1n) is 9.08. The van der Waals surface area contributed by atoms with E-state index in [2.05, 4.69) is 23.4 Å². The number of rotatable bonds is 7. The Bertz CT molecular complexity index is 934. The molecule has 0 saturated carbocycles. The van der Waals surface area contributed by atoms with E-state index in [1.807, 2.05) is 37.3 Å². The van der Waals surface area contributed by atoms with Crippen LogP contribution in [0.4, 0.5) is 5.82 Å². The van der Waals surface area contributed by atoms with Crippen molar-refractivity contribution in [2.24, 2.45) is 0 Å². The summed E-state index contributed by atoms with van der Waals surface area (Å²) < 4.78 is 14.7. The zero-order valence-corrected chi connectivity index (χ0v) is 16.5. The van der Waals surface area contributed by atoms with Crippen LogP contribution in [-0.4, -0.2) is 24.5 Å². The predicted octanol–water partition coefficient (Wildman–Crippen LogP) is 3.78. The SMILES string of the molecule is CCCc1nc2c(N)nc(C)c(C)c2n1CCCS(=O)c1ccccc1. The molecular formula is C20H26N4OS. The Morgan fingerprint density at radius 1 is 1.15 bits per heavy atom. The standard InChI is InChI=1S/C20H26N4OS/c1-4-9-17-23-18-19(14(2)15(3)22-20(18)21)24(17)12-8-13-26(25)16-10-6-5-7-11-16/h5-7,10-11H,4,8-9,12-13H2,1-3H3,(H2,21,22). The average molecular weight is 371 g/mol. The van der Waals surface area contributed by atoms with Crippen molar-refractivity contribution < 1.29 is 4.21 Å². The molecule has 3 aromatic rings. The molecule has 138 valence electrons. The highest BCUT2D eigenvalue weighted by molar-refractivity contribution is 7.85. The fourth-order valence-corrected chi connectivity index (χ4v) is 4.33. The summed E-state index contributed by atoms with van der Waals surface area (Å²) in [4.78, 5) is 10.1. The molecule has 3 rings (SSSR count). The number of pyridine rings is 1. The van der Waals surface area contributed by atoms with Gasteiger partial charge in [0.1, 0.15) is 11.3 Å². The minimum Gasteiger partial charge on any atom is -0.382 e. The number of nitrogen functional groups attached to an aromatic ring is 1. The van der Waals surface area contributed by atoms with Gasteiger partial charge < -0.3 is 10.3 Å². The summed E-state index contributed by atoms with van der Waals surface area (Å²) >= 11 is 0. The second-order valence-corrected chi connectivity index (χ2v) is 8.12. The van der Waals surface area contributed by atoms with Crippen molar-refractivity contribution in [1.29, 1.82) is 0 Å². The van der Waals surface area contributed by atoms with Crippen LogP contribution in [0.25, 0.3) is 11.0 Å². The van der Waals surface area contributed by atoms with Crippen molar-refractivity contribution in [3.05, 3.63) is 47.4 Å². The molecule has 0 aliphatic heterocycles. The number of benzene rings is 1. The van der Waals surface area contributed by atoms with Gasteiger partial charge in [-0.1, -0.05) is 25.1 Å². The van der Waals surface area contributed by atoms with Crippen molar-refractivity contribution >= 4 is 27.7 Å². The first-order chi connectivity index (χ1) is 12.5. The van der Waals surface area contributed by atoms with Crippen LogP contribution < -0.4 is 5.73 Å². The predicted molar refractivity (Wildman–Crippen MR) is 108 cm³/mol. The van der Waals surface area contributed by atoms with Gasteiger partial charge in [0.05, 0.1) is 16.3 Å². The highest BCUT2D eigenvalue weighted by Crippen LogP contribution is 2.27. The van der Waals surface area contributed by atoms with E-state index in [0.29, 0.717) is 11.6 Å². The number of imidazole rings is 1. The quantitative estimate of drug-likeness (QED) is 0.687. The van der Waals surface area contributed by atoms with E-state index in [4.69, 9.17) is 10.7 Å². The van der Waals surface area contributed by atoms with E-state index in [1.54, 1.807) is 0 Å². The lowest BCUT2D eigenvalue weighted by Crippen LogP contribution is -2.09. The van der Waals surface area contributed by atoms with Crippen molar-refractivity contribution in [3.8, 4) is 0 Å². The summed E-state index contributed by atoms with van der Waals surface area (Å²) in [5.41, 5.74) is 10.0. The van der Waals surface area contributed by atoms with E-state index in [1.165, 1.54) is 0 Å². The Hall–Kier alpha value is -2.21. The number of aryl methyl sites for hydroxylation is 4. The molecule has 26 heavy (non-hydrogen) atoms. The number of aromatic nitrogens is 3. The van der Waals surface area contributed by atoms with Crippen LogP contribution in [0.15, 0.2) is 35.2 Å². The Balaban J connectivity index is 1.86. The minimum absolute atomic E-state index is 0.493. The summed E-state index contributed by atoms with van der Waals surface area (Å²) in [6.45, 7) is 6.98. The number of anilines is 1. The van der Waals surface area contributed by atoms with Crippen molar-refractivity contribution in [3.63, 3.8) is 0 Å². The third kappa shape index (κ3) is 3.65. The van der Waals surface area contributed by atoms with Crippen LogP contribution in [-0.2, 0) is 23.8 Å². The lowest BCUT2D eigenvalue weighted by atomic mass is 10.2. The Morgan fingerprint density at radius 3 is 2.58 bits per heavy atom. The van der Waals surface area contributed by atoms with E-state index >= 15 is 0 Å². The molecule has 1 aromatic carbocycles. The maximum absolute atomic E-state index is 12.5. The molecule has 2 N–H and O–H groups in total. The lowest BCUT2D eigenvalue weighted by Gasteiger charge is -2.11. The smallest absolute Gasteiger partial charge is 0.151 e. The van der Waals surface area contributed by atoms with Gasteiger partial charge in [-0.05, 0) is 44.4 Å². The fourth-order valence-electron chi connectivity index (χ4n) is 3.25. The molecule has 2 heterocycles. The third-order valence-corrected chi connectivity index (χ3v) is 6.12. The molecule has 0 fully saturated rings. The normalized spacial score (nSPS) is 12.6. The zero-order valence-electron chi connectivity index (χ0n) is 15.7. The summed E-state index contributed by atoms with van der Waals surface area (Å²) in [7, 11) is -0.974. The Labute approximate surface area is 157 Å². The third-order valence-electron chi connectivity index (χ3n) is 4.67.